The fourth-order valence-corrected chi connectivity index (χ4v) is 5.21. The van der Waals surface area contributed by atoms with Crippen LogP contribution in [0, 0.1) is 0 Å². The number of sulfonamides is 1. The van der Waals surface area contributed by atoms with Gasteiger partial charge in [-0.05, 0) is 41.3 Å². The van der Waals surface area contributed by atoms with Gasteiger partial charge in [0.15, 0.2) is 0 Å². The summed E-state index contributed by atoms with van der Waals surface area (Å²) in [7, 11) is -2.04. The van der Waals surface area contributed by atoms with E-state index in [2.05, 4.69) is 9.71 Å². The molecule has 29 heavy (non-hydrogen) atoms. The molecule has 0 atom stereocenters. The lowest BCUT2D eigenvalue weighted by molar-refractivity contribution is 0.417. The Kier molecular flexibility index (Phi) is 5.13. The van der Waals surface area contributed by atoms with E-state index >= 15 is 0 Å². The van der Waals surface area contributed by atoms with Crippen LogP contribution in [0.3, 0.4) is 0 Å². The summed E-state index contributed by atoms with van der Waals surface area (Å²) < 4.78 is 33.3. The van der Waals surface area contributed by atoms with E-state index in [4.69, 9.17) is 10.5 Å². The Morgan fingerprint density at radius 3 is 2.59 bits per heavy atom. The molecule has 0 aliphatic rings. The quantitative estimate of drug-likeness (QED) is 0.436. The predicted octanol–water partition coefficient (Wildman–Crippen LogP) is 2.66. The number of fused-ring (bicyclic) bond motifs is 3. The lowest BCUT2D eigenvalue weighted by Crippen LogP contribution is -2.29. The van der Waals surface area contributed by atoms with Crippen molar-refractivity contribution in [1.82, 2.24) is 9.71 Å². The van der Waals surface area contributed by atoms with Crippen molar-refractivity contribution in [3.8, 4) is 16.9 Å². The molecule has 4 N–H and O–H groups in total. The SMILES string of the molecule is COc1ccc2[nH]c(=O)c3sccc3c2c1-c1ccc(S(=O)(=O)NCCN)cc1. The number of methoxy groups -OCH3 is 1. The molecule has 7 nitrogen and oxygen atoms in total. The average Bonchev–Trinajstić information content (AvgIpc) is 3.22. The summed E-state index contributed by atoms with van der Waals surface area (Å²) in [5.41, 5.74) is 7.52. The number of hydrogen-bond donors (Lipinski definition) is 3. The molecule has 2 aromatic heterocycles. The third-order valence-electron chi connectivity index (χ3n) is 4.67. The first-order valence-corrected chi connectivity index (χ1v) is 11.2. The highest BCUT2D eigenvalue weighted by atomic mass is 32.2. The summed E-state index contributed by atoms with van der Waals surface area (Å²) in [4.78, 5) is 15.4. The van der Waals surface area contributed by atoms with Gasteiger partial charge >= 0.3 is 0 Å². The van der Waals surface area contributed by atoms with E-state index in [1.807, 2.05) is 17.5 Å². The molecule has 0 saturated heterocycles. The minimum absolute atomic E-state index is 0.133. The number of ether oxygens (including phenoxy) is 1. The average molecular weight is 430 g/mol. The van der Waals surface area contributed by atoms with Crippen molar-refractivity contribution in [3.63, 3.8) is 0 Å². The molecule has 2 aromatic carbocycles. The van der Waals surface area contributed by atoms with Gasteiger partial charge in [-0.15, -0.1) is 11.3 Å². The number of hydrogen-bond acceptors (Lipinski definition) is 6. The van der Waals surface area contributed by atoms with Crippen LogP contribution in [0.1, 0.15) is 0 Å². The zero-order valence-electron chi connectivity index (χ0n) is 15.6. The van der Waals surface area contributed by atoms with Crippen molar-refractivity contribution in [2.45, 2.75) is 4.90 Å². The van der Waals surface area contributed by atoms with Crippen molar-refractivity contribution >= 4 is 42.3 Å². The van der Waals surface area contributed by atoms with Crippen LogP contribution < -0.4 is 20.8 Å². The Bertz CT molecular complexity index is 1360. The molecule has 0 aliphatic heterocycles. The van der Waals surface area contributed by atoms with Gasteiger partial charge in [0.2, 0.25) is 10.0 Å². The van der Waals surface area contributed by atoms with E-state index in [0.29, 0.717) is 16.0 Å². The predicted molar refractivity (Wildman–Crippen MR) is 116 cm³/mol. The maximum absolute atomic E-state index is 12.3. The molecule has 0 unspecified atom stereocenters. The number of thiophene rings is 1. The minimum Gasteiger partial charge on any atom is -0.496 e. The summed E-state index contributed by atoms with van der Waals surface area (Å²) >= 11 is 1.38. The molecule has 150 valence electrons. The van der Waals surface area contributed by atoms with E-state index in [0.717, 1.165) is 21.9 Å². The van der Waals surface area contributed by atoms with Crippen molar-refractivity contribution in [2.24, 2.45) is 5.73 Å². The van der Waals surface area contributed by atoms with Gasteiger partial charge in [-0.2, -0.15) is 0 Å². The number of pyridine rings is 1. The zero-order valence-corrected chi connectivity index (χ0v) is 17.2. The van der Waals surface area contributed by atoms with Crippen LogP contribution in [0.4, 0.5) is 0 Å². The zero-order chi connectivity index (χ0) is 20.6. The van der Waals surface area contributed by atoms with Gasteiger partial charge < -0.3 is 15.5 Å². The Balaban J connectivity index is 1.94. The van der Waals surface area contributed by atoms with Crippen LogP contribution in [0.25, 0.3) is 32.1 Å². The van der Waals surface area contributed by atoms with E-state index in [1.165, 1.54) is 11.3 Å². The van der Waals surface area contributed by atoms with Crippen LogP contribution >= 0.6 is 11.3 Å². The second-order valence-corrected chi connectivity index (χ2v) is 9.08. The van der Waals surface area contributed by atoms with Gasteiger partial charge in [-0.1, -0.05) is 12.1 Å². The van der Waals surface area contributed by atoms with E-state index in [-0.39, 0.29) is 23.5 Å². The molecule has 0 fully saturated rings. The Morgan fingerprint density at radius 2 is 1.90 bits per heavy atom. The monoisotopic (exact) mass is 429 g/mol. The van der Waals surface area contributed by atoms with Crippen molar-refractivity contribution in [1.29, 1.82) is 0 Å². The Hall–Kier alpha value is -2.72. The number of H-pyrrole nitrogens is 1. The van der Waals surface area contributed by atoms with E-state index in [9.17, 15) is 13.2 Å². The maximum atomic E-state index is 12.3. The number of benzene rings is 2. The molecular formula is C20H19N3O4S2. The minimum atomic E-state index is -3.62. The van der Waals surface area contributed by atoms with Crippen molar-refractivity contribution in [2.75, 3.05) is 20.2 Å². The molecule has 4 aromatic rings. The molecule has 0 radical (unpaired) electrons. The van der Waals surface area contributed by atoms with E-state index < -0.39 is 10.0 Å². The van der Waals surface area contributed by atoms with Crippen LogP contribution in [0.2, 0.25) is 0 Å². The summed E-state index contributed by atoms with van der Waals surface area (Å²) in [5, 5.41) is 3.57. The summed E-state index contributed by atoms with van der Waals surface area (Å²) in [6, 6.07) is 12.1. The topological polar surface area (TPSA) is 114 Å². The highest BCUT2D eigenvalue weighted by Gasteiger charge is 2.18. The fourth-order valence-electron chi connectivity index (χ4n) is 3.36. The highest BCUT2D eigenvalue weighted by molar-refractivity contribution is 7.89. The molecule has 0 spiro atoms. The first kappa shape index (κ1) is 19.6. The van der Waals surface area contributed by atoms with Gasteiger partial charge in [0.25, 0.3) is 5.56 Å². The molecule has 2 heterocycles. The van der Waals surface area contributed by atoms with Crippen LogP contribution in [0.15, 0.2) is 57.5 Å². The number of nitrogens with two attached hydrogens (primary N) is 1. The Morgan fingerprint density at radius 1 is 1.14 bits per heavy atom. The lowest BCUT2D eigenvalue weighted by atomic mass is 9.97. The number of aromatic amines is 1. The molecule has 0 saturated carbocycles. The number of nitrogens with one attached hydrogen (secondary N) is 2. The third-order valence-corrected chi connectivity index (χ3v) is 7.06. The van der Waals surface area contributed by atoms with Crippen LogP contribution in [-0.2, 0) is 10.0 Å². The molecular weight excluding hydrogens is 410 g/mol. The summed E-state index contributed by atoms with van der Waals surface area (Å²) in [5.74, 6) is 0.633. The van der Waals surface area contributed by atoms with E-state index in [1.54, 1.807) is 37.4 Å². The largest absolute Gasteiger partial charge is 0.496 e. The van der Waals surface area contributed by atoms with Crippen molar-refractivity contribution < 1.29 is 13.2 Å². The lowest BCUT2D eigenvalue weighted by Gasteiger charge is -2.14. The molecule has 4 rings (SSSR count). The smallest absolute Gasteiger partial charge is 0.266 e. The third kappa shape index (κ3) is 3.42. The van der Waals surface area contributed by atoms with Gasteiger partial charge in [-0.25, -0.2) is 13.1 Å². The molecule has 0 amide bonds. The van der Waals surface area contributed by atoms with Gasteiger partial charge in [0.1, 0.15) is 10.4 Å². The maximum Gasteiger partial charge on any atom is 0.266 e. The summed E-state index contributed by atoms with van der Waals surface area (Å²) in [6.45, 7) is 0.393. The fraction of sp³-hybridized carbons (Fsp3) is 0.150. The molecule has 9 heteroatoms. The normalized spacial score (nSPS) is 11.9. The van der Waals surface area contributed by atoms with Gasteiger partial charge in [0.05, 0.1) is 12.0 Å². The second-order valence-electron chi connectivity index (χ2n) is 6.39. The number of aromatic nitrogens is 1. The Labute approximate surface area is 171 Å². The van der Waals surface area contributed by atoms with Crippen molar-refractivity contribution in [3.05, 3.63) is 58.2 Å². The first-order valence-electron chi connectivity index (χ1n) is 8.86. The summed E-state index contributed by atoms with van der Waals surface area (Å²) in [6.07, 6.45) is 0. The highest BCUT2D eigenvalue weighted by Crippen LogP contribution is 2.40. The second kappa shape index (κ2) is 7.60. The van der Waals surface area contributed by atoms with Gasteiger partial charge in [0, 0.05) is 34.9 Å². The standard InChI is InChI=1S/C20H19N3O4S2/c1-27-16-7-6-15-18(14-8-11-28-19(14)20(24)23-15)17(16)12-2-4-13(5-3-12)29(25,26)22-10-9-21/h2-8,11,22H,9-10,21H2,1H3,(H,23,24). The first-order chi connectivity index (χ1) is 14.0. The molecule has 0 aliphatic carbocycles. The molecule has 0 bridgehead atoms. The van der Waals surface area contributed by atoms with Crippen LogP contribution in [-0.4, -0.2) is 33.6 Å². The number of rotatable bonds is 6. The van der Waals surface area contributed by atoms with Gasteiger partial charge in [-0.3, -0.25) is 4.79 Å². The van der Waals surface area contributed by atoms with Crippen LogP contribution in [0.5, 0.6) is 5.75 Å².